The third-order valence-corrected chi connectivity index (χ3v) is 2.96. The largest absolute Gasteiger partial charge is 0.405 e. The Bertz CT molecular complexity index is 446. The summed E-state index contributed by atoms with van der Waals surface area (Å²) in [4.78, 5) is 11.4. The second-order valence-corrected chi connectivity index (χ2v) is 4.69. The molecule has 2 N–H and O–H groups in total. The van der Waals surface area contributed by atoms with E-state index in [4.69, 9.17) is 0 Å². The Morgan fingerprint density at radius 1 is 1.30 bits per heavy atom. The van der Waals surface area contributed by atoms with Crippen LogP contribution in [0.5, 0.6) is 0 Å². The highest BCUT2D eigenvalue weighted by molar-refractivity contribution is 5.81. The van der Waals surface area contributed by atoms with Gasteiger partial charge in [0.05, 0.1) is 6.04 Å². The summed E-state index contributed by atoms with van der Waals surface area (Å²) < 4.78 is 35.9. The van der Waals surface area contributed by atoms with Crippen molar-refractivity contribution in [1.29, 1.82) is 0 Å². The number of carbonyl (C=O) groups is 1. The number of halogens is 3. The molecule has 0 aliphatic rings. The lowest BCUT2D eigenvalue weighted by atomic mass is 10.1. The molecule has 0 aliphatic heterocycles. The molecule has 1 amide bonds. The van der Waals surface area contributed by atoms with E-state index in [-0.39, 0.29) is 0 Å². The first kappa shape index (κ1) is 16.5. The van der Waals surface area contributed by atoms with Crippen molar-refractivity contribution in [1.82, 2.24) is 10.6 Å². The number of hydrogen-bond acceptors (Lipinski definition) is 2. The smallest absolute Gasteiger partial charge is 0.346 e. The van der Waals surface area contributed by atoms with Crippen LogP contribution in [0.15, 0.2) is 24.3 Å². The van der Waals surface area contributed by atoms with Crippen molar-refractivity contribution >= 4 is 5.91 Å². The highest BCUT2D eigenvalue weighted by Gasteiger charge is 2.28. The lowest BCUT2D eigenvalue weighted by Crippen LogP contribution is -2.45. The van der Waals surface area contributed by atoms with E-state index in [2.05, 4.69) is 5.32 Å². The van der Waals surface area contributed by atoms with E-state index in [1.165, 1.54) is 0 Å². The Balaban J connectivity index is 2.31. The molecule has 0 heterocycles. The standard InChI is InChI=1S/C14H19F3N2O/c1-10-5-3-4-6-12(10)7-8-18-11(2)13(20)19-9-14(15,16)17/h3-6,11,18H,7-9H2,1-2H3,(H,19,20). The van der Waals surface area contributed by atoms with Crippen LogP contribution in [0.2, 0.25) is 0 Å². The van der Waals surface area contributed by atoms with E-state index in [0.29, 0.717) is 6.54 Å². The quantitative estimate of drug-likeness (QED) is 0.842. The molecule has 0 aliphatic carbocycles. The summed E-state index contributed by atoms with van der Waals surface area (Å²) in [5, 5.41) is 4.77. The first-order chi connectivity index (χ1) is 9.29. The second-order valence-electron chi connectivity index (χ2n) is 4.69. The molecule has 112 valence electrons. The Hall–Kier alpha value is -1.56. The van der Waals surface area contributed by atoms with Crippen LogP contribution in [0.3, 0.4) is 0 Å². The van der Waals surface area contributed by atoms with Gasteiger partial charge in [-0.15, -0.1) is 0 Å². The minimum absolute atomic E-state index is 0.533. The summed E-state index contributed by atoms with van der Waals surface area (Å²) in [7, 11) is 0. The highest BCUT2D eigenvalue weighted by Crippen LogP contribution is 2.12. The number of benzene rings is 1. The van der Waals surface area contributed by atoms with E-state index in [9.17, 15) is 18.0 Å². The Morgan fingerprint density at radius 2 is 1.95 bits per heavy atom. The van der Waals surface area contributed by atoms with Crippen molar-refractivity contribution in [3.05, 3.63) is 35.4 Å². The van der Waals surface area contributed by atoms with Crippen LogP contribution in [0, 0.1) is 6.92 Å². The van der Waals surface area contributed by atoms with Gasteiger partial charge in [0, 0.05) is 0 Å². The van der Waals surface area contributed by atoms with Gasteiger partial charge in [-0.1, -0.05) is 24.3 Å². The van der Waals surface area contributed by atoms with Gasteiger partial charge in [-0.3, -0.25) is 4.79 Å². The van der Waals surface area contributed by atoms with Crippen molar-refractivity contribution in [2.75, 3.05) is 13.1 Å². The van der Waals surface area contributed by atoms with Crippen LogP contribution in [0.4, 0.5) is 13.2 Å². The van der Waals surface area contributed by atoms with E-state index in [1.54, 1.807) is 6.92 Å². The molecule has 1 aromatic rings. The van der Waals surface area contributed by atoms with Crippen LogP contribution < -0.4 is 10.6 Å². The van der Waals surface area contributed by atoms with Crippen molar-refractivity contribution < 1.29 is 18.0 Å². The molecule has 1 aromatic carbocycles. The van der Waals surface area contributed by atoms with Gasteiger partial charge in [-0.05, 0) is 37.9 Å². The topological polar surface area (TPSA) is 41.1 Å². The summed E-state index contributed by atoms with van der Waals surface area (Å²) in [5.41, 5.74) is 2.31. The SMILES string of the molecule is Cc1ccccc1CCNC(C)C(=O)NCC(F)(F)F. The predicted octanol–water partition coefficient (Wildman–Crippen LogP) is 2.19. The molecule has 0 radical (unpaired) electrons. The maximum atomic E-state index is 12.0. The van der Waals surface area contributed by atoms with Gasteiger partial charge in [0.2, 0.25) is 5.91 Å². The molecule has 0 saturated heterocycles. The lowest BCUT2D eigenvalue weighted by Gasteiger charge is -2.15. The van der Waals surface area contributed by atoms with Gasteiger partial charge in [-0.2, -0.15) is 13.2 Å². The fourth-order valence-electron chi connectivity index (χ4n) is 1.75. The predicted molar refractivity (Wildman–Crippen MR) is 71.4 cm³/mol. The average molecular weight is 288 g/mol. The molecule has 1 rings (SSSR count). The summed E-state index contributed by atoms with van der Waals surface area (Å²) in [6.07, 6.45) is -3.65. The third-order valence-electron chi connectivity index (χ3n) is 2.96. The maximum absolute atomic E-state index is 12.0. The first-order valence-electron chi connectivity index (χ1n) is 6.42. The van der Waals surface area contributed by atoms with E-state index in [1.807, 2.05) is 36.5 Å². The first-order valence-corrected chi connectivity index (χ1v) is 6.42. The van der Waals surface area contributed by atoms with Crippen molar-refractivity contribution in [3.63, 3.8) is 0 Å². The molecule has 1 unspecified atom stereocenters. The average Bonchev–Trinajstić information content (AvgIpc) is 2.37. The number of hydrogen-bond donors (Lipinski definition) is 2. The zero-order valence-electron chi connectivity index (χ0n) is 11.6. The minimum Gasteiger partial charge on any atom is -0.346 e. The van der Waals surface area contributed by atoms with Gasteiger partial charge < -0.3 is 10.6 Å². The normalized spacial score (nSPS) is 13.1. The number of carbonyl (C=O) groups excluding carboxylic acids is 1. The molecule has 0 bridgehead atoms. The molecule has 1 atom stereocenters. The molecule has 0 spiro atoms. The van der Waals surface area contributed by atoms with Crippen molar-refractivity contribution in [3.8, 4) is 0 Å². The second kappa shape index (κ2) is 7.28. The fourth-order valence-corrected chi connectivity index (χ4v) is 1.75. The number of alkyl halides is 3. The van der Waals surface area contributed by atoms with Crippen LogP contribution in [-0.2, 0) is 11.2 Å². The van der Waals surface area contributed by atoms with Crippen molar-refractivity contribution in [2.24, 2.45) is 0 Å². The van der Waals surface area contributed by atoms with E-state index in [0.717, 1.165) is 17.5 Å². The van der Waals surface area contributed by atoms with Crippen LogP contribution >= 0.6 is 0 Å². The van der Waals surface area contributed by atoms with Crippen molar-refractivity contribution in [2.45, 2.75) is 32.5 Å². The summed E-state index contributed by atoms with van der Waals surface area (Å²) >= 11 is 0. The van der Waals surface area contributed by atoms with Crippen LogP contribution in [0.25, 0.3) is 0 Å². The third kappa shape index (κ3) is 6.06. The monoisotopic (exact) mass is 288 g/mol. The Morgan fingerprint density at radius 3 is 2.55 bits per heavy atom. The number of aryl methyl sites for hydroxylation is 1. The van der Waals surface area contributed by atoms with Crippen LogP contribution in [-0.4, -0.2) is 31.2 Å². The van der Waals surface area contributed by atoms with Gasteiger partial charge in [0.1, 0.15) is 6.54 Å². The molecule has 0 saturated carbocycles. The summed E-state index contributed by atoms with van der Waals surface area (Å²) in [6.45, 7) is 2.78. The zero-order valence-corrected chi connectivity index (χ0v) is 11.6. The van der Waals surface area contributed by atoms with Gasteiger partial charge in [-0.25, -0.2) is 0 Å². The van der Waals surface area contributed by atoms with Crippen LogP contribution in [0.1, 0.15) is 18.1 Å². The summed E-state index contributed by atoms with van der Waals surface area (Å²) in [6, 6.07) is 7.21. The molecular formula is C14H19F3N2O. The Labute approximate surface area is 116 Å². The molecule has 0 fully saturated rings. The van der Waals surface area contributed by atoms with Gasteiger partial charge >= 0.3 is 6.18 Å². The lowest BCUT2D eigenvalue weighted by molar-refractivity contribution is -0.139. The molecule has 20 heavy (non-hydrogen) atoms. The van der Waals surface area contributed by atoms with Gasteiger partial charge in [0.15, 0.2) is 0 Å². The molecule has 6 heteroatoms. The number of rotatable bonds is 6. The van der Waals surface area contributed by atoms with E-state index < -0.39 is 24.7 Å². The highest BCUT2D eigenvalue weighted by atomic mass is 19.4. The molecule has 0 aromatic heterocycles. The number of amides is 1. The Kier molecular flexibility index (Phi) is 6.01. The van der Waals surface area contributed by atoms with Gasteiger partial charge in [0.25, 0.3) is 0 Å². The zero-order chi connectivity index (χ0) is 15.2. The molecular weight excluding hydrogens is 269 g/mol. The van der Waals surface area contributed by atoms with E-state index >= 15 is 0 Å². The maximum Gasteiger partial charge on any atom is 0.405 e. The fraction of sp³-hybridized carbons (Fsp3) is 0.500. The summed E-state index contributed by atoms with van der Waals surface area (Å²) in [5.74, 6) is -0.646. The minimum atomic E-state index is -4.38. The molecule has 3 nitrogen and oxygen atoms in total. The number of nitrogens with one attached hydrogen (secondary N) is 2.